The van der Waals surface area contributed by atoms with Crippen LogP contribution in [-0.4, -0.2) is 32.9 Å². The summed E-state index contributed by atoms with van der Waals surface area (Å²) < 4.78 is 4.82. The maximum atomic E-state index is 11.7. The van der Waals surface area contributed by atoms with Crippen molar-refractivity contribution in [3.8, 4) is 11.3 Å². The molecule has 1 N–H and O–H groups in total. The summed E-state index contributed by atoms with van der Waals surface area (Å²) in [5, 5.41) is 20.7. The van der Waals surface area contributed by atoms with E-state index in [1.54, 1.807) is 13.0 Å². The van der Waals surface area contributed by atoms with E-state index in [1.165, 1.54) is 18.2 Å². The highest BCUT2D eigenvalue weighted by molar-refractivity contribution is 5.95. The minimum Gasteiger partial charge on any atom is -0.461 e. The van der Waals surface area contributed by atoms with E-state index in [-0.39, 0.29) is 29.2 Å². The van der Waals surface area contributed by atoms with E-state index in [9.17, 15) is 14.9 Å². The first-order chi connectivity index (χ1) is 9.15. The van der Waals surface area contributed by atoms with Crippen LogP contribution in [0.4, 0.5) is 5.69 Å². The highest BCUT2D eigenvalue weighted by Crippen LogP contribution is 2.29. The molecule has 0 unspecified atom stereocenters. The minimum absolute atomic E-state index is 0.0730. The average molecular weight is 262 g/mol. The average Bonchev–Trinajstić information content (AvgIpc) is 2.88. The molecule has 0 radical (unpaired) electrons. The van der Waals surface area contributed by atoms with Crippen LogP contribution < -0.4 is 0 Å². The summed E-state index contributed by atoms with van der Waals surface area (Å²) in [6, 6.07) is 5.98. The van der Waals surface area contributed by atoms with Crippen molar-refractivity contribution >= 4 is 11.7 Å². The molecule has 0 saturated heterocycles. The number of H-pyrrole nitrogens is 1. The van der Waals surface area contributed by atoms with Gasteiger partial charge in [0, 0.05) is 6.07 Å². The molecular formula is C11H10N4O4. The molecule has 98 valence electrons. The lowest BCUT2D eigenvalue weighted by Gasteiger charge is -2.02. The van der Waals surface area contributed by atoms with E-state index >= 15 is 0 Å². The molecule has 1 heterocycles. The lowest BCUT2D eigenvalue weighted by atomic mass is 10.1. The second-order valence-corrected chi connectivity index (χ2v) is 3.52. The third kappa shape index (κ3) is 2.41. The van der Waals surface area contributed by atoms with Crippen molar-refractivity contribution in [3.63, 3.8) is 0 Å². The Balaban J connectivity index is 2.52. The fraction of sp³-hybridized carbons (Fsp3) is 0.182. The highest BCUT2D eigenvalue weighted by Gasteiger charge is 2.24. The molecule has 0 aliphatic rings. The van der Waals surface area contributed by atoms with Crippen LogP contribution in [0, 0.1) is 10.1 Å². The van der Waals surface area contributed by atoms with E-state index in [2.05, 4.69) is 15.4 Å². The number of nitrogens with zero attached hydrogens (tertiary/aromatic N) is 3. The van der Waals surface area contributed by atoms with Gasteiger partial charge in [0.1, 0.15) is 5.69 Å². The molecule has 8 nitrogen and oxygen atoms in total. The van der Waals surface area contributed by atoms with Crippen LogP contribution in [0.2, 0.25) is 0 Å². The molecular weight excluding hydrogens is 252 g/mol. The van der Waals surface area contributed by atoms with Gasteiger partial charge in [0.2, 0.25) is 0 Å². The van der Waals surface area contributed by atoms with Gasteiger partial charge in [-0.05, 0) is 13.0 Å². The van der Waals surface area contributed by atoms with Gasteiger partial charge >= 0.3 is 5.97 Å². The van der Waals surface area contributed by atoms with Crippen LogP contribution in [0.15, 0.2) is 24.3 Å². The number of carbonyl (C=O) groups excluding carboxylic acids is 1. The number of carbonyl (C=O) groups is 1. The number of nitro benzene ring substituents is 1. The summed E-state index contributed by atoms with van der Waals surface area (Å²) in [4.78, 5) is 22.1. The molecule has 0 fully saturated rings. The molecule has 0 amide bonds. The van der Waals surface area contributed by atoms with Gasteiger partial charge in [-0.1, -0.05) is 12.1 Å². The van der Waals surface area contributed by atoms with E-state index < -0.39 is 10.9 Å². The van der Waals surface area contributed by atoms with E-state index in [0.29, 0.717) is 0 Å². The van der Waals surface area contributed by atoms with Crippen LogP contribution in [0.5, 0.6) is 0 Å². The molecule has 1 aromatic heterocycles. The second kappa shape index (κ2) is 5.25. The van der Waals surface area contributed by atoms with Gasteiger partial charge in [-0.3, -0.25) is 10.1 Å². The zero-order valence-electron chi connectivity index (χ0n) is 9.99. The third-order valence-corrected chi connectivity index (χ3v) is 2.37. The van der Waals surface area contributed by atoms with Gasteiger partial charge in [-0.25, -0.2) is 4.79 Å². The molecule has 0 spiro atoms. The van der Waals surface area contributed by atoms with Crippen molar-refractivity contribution < 1.29 is 14.5 Å². The molecule has 0 atom stereocenters. The fourth-order valence-electron chi connectivity index (χ4n) is 1.59. The van der Waals surface area contributed by atoms with E-state index in [0.717, 1.165) is 0 Å². The van der Waals surface area contributed by atoms with Gasteiger partial charge < -0.3 is 4.74 Å². The third-order valence-electron chi connectivity index (χ3n) is 2.37. The number of para-hydroxylation sites is 1. The van der Waals surface area contributed by atoms with Gasteiger partial charge in [0.05, 0.1) is 17.1 Å². The molecule has 1 aromatic carbocycles. The minimum atomic E-state index is -0.676. The van der Waals surface area contributed by atoms with Crippen LogP contribution >= 0.6 is 0 Å². The fourth-order valence-corrected chi connectivity index (χ4v) is 1.59. The van der Waals surface area contributed by atoms with Crippen LogP contribution in [0.3, 0.4) is 0 Å². The number of nitro groups is 1. The van der Waals surface area contributed by atoms with Gasteiger partial charge in [0.25, 0.3) is 5.69 Å². The lowest BCUT2D eigenvalue weighted by Crippen LogP contribution is -2.07. The molecule has 2 rings (SSSR count). The number of aromatic nitrogens is 3. The van der Waals surface area contributed by atoms with Crippen molar-refractivity contribution in [1.29, 1.82) is 0 Å². The normalized spacial score (nSPS) is 10.2. The Morgan fingerprint density at radius 1 is 1.42 bits per heavy atom. The van der Waals surface area contributed by atoms with Crippen molar-refractivity contribution in [2.24, 2.45) is 0 Å². The zero-order chi connectivity index (χ0) is 13.8. The van der Waals surface area contributed by atoms with Gasteiger partial charge in [0.15, 0.2) is 5.69 Å². The molecule has 0 aliphatic heterocycles. The highest BCUT2D eigenvalue weighted by atomic mass is 16.6. The molecule has 8 heteroatoms. The first-order valence-corrected chi connectivity index (χ1v) is 5.46. The molecule has 19 heavy (non-hydrogen) atoms. The molecule has 0 aliphatic carbocycles. The largest absolute Gasteiger partial charge is 0.461 e. The van der Waals surface area contributed by atoms with Crippen LogP contribution in [0.1, 0.15) is 17.4 Å². The van der Waals surface area contributed by atoms with Crippen LogP contribution in [0.25, 0.3) is 11.3 Å². The zero-order valence-corrected chi connectivity index (χ0v) is 9.99. The summed E-state index contributed by atoms with van der Waals surface area (Å²) in [6.07, 6.45) is 0. The van der Waals surface area contributed by atoms with Gasteiger partial charge in [-0.15, -0.1) is 5.10 Å². The Bertz CT molecular complexity index is 623. The Morgan fingerprint density at radius 2 is 2.16 bits per heavy atom. The standard InChI is InChI=1S/C11H10N4O4/c1-2-19-11(16)10-9(12-14-13-10)7-5-3-4-6-8(7)15(17)18/h3-6H,2H2,1H3,(H,12,13,14). The Hall–Kier alpha value is -2.77. The predicted molar refractivity (Wildman–Crippen MR) is 64.4 cm³/mol. The Morgan fingerprint density at radius 3 is 2.84 bits per heavy atom. The Labute approximate surface area is 107 Å². The Kier molecular flexibility index (Phi) is 3.51. The number of ether oxygens (including phenoxy) is 1. The van der Waals surface area contributed by atoms with Crippen molar-refractivity contribution in [2.75, 3.05) is 6.61 Å². The summed E-state index contributed by atoms with van der Waals surface area (Å²) in [5.74, 6) is -0.676. The SMILES string of the molecule is CCOC(=O)c1n[nH]nc1-c1ccccc1[N+](=O)[O-]. The molecule has 0 bridgehead atoms. The quantitative estimate of drug-likeness (QED) is 0.508. The van der Waals surface area contributed by atoms with Gasteiger partial charge in [-0.2, -0.15) is 10.3 Å². The first-order valence-electron chi connectivity index (χ1n) is 5.46. The smallest absolute Gasteiger partial charge is 0.361 e. The second-order valence-electron chi connectivity index (χ2n) is 3.52. The maximum absolute atomic E-state index is 11.7. The number of hydrogen-bond acceptors (Lipinski definition) is 6. The van der Waals surface area contributed by atoms with E-state index in [4.69, 9.17) is 4.74 Å². The van der Waals surface area contributed by atoms with Crippen LogP contribution in [-0.2, 0) is 4.74 Å². The lowest BCUT2D eigenvalue weighted by molar-refractivity contribution is -0.384. The first kappa shape index (κ1) is 12.7. The molecule has 0 saturated carbocycles. The monoisotopic (exact) mass is 262 g/mol. The number of rotatable bonds is 4. The summed E-state index contributed by atoms with van der Waals surface area (Å²) >= 11 is 0. The maximum Gasteiger partial charge on any atom is 0.361 e. The number of hydrogen-bond donors (Lipinski definition) is 1. The number of nitrogens with one attached hydrogen (secondary N) is 1. The number of aromatic amines is 1. The van der Waals surface area contributed by atoms with Crippen molar-refractivity contribution in [1.82, 2.24) is 15.4 Å². The van der Waals surface area contributed by atoms with Crippen molar-refractivity contribution in [2.45, 2.75) is 6.92 Å². The summed E-state index contributed by atoms with van der Waals surface area (Å²) in [5.41, 5.74) is 0.0909. The van der Waals surface area contributed by atoms with Crippen molar-refractivity contribution in [3.05, 3.63) is 40.1 Å². The summed E-state index contributed by atoms with van der Waals surface area (Å²) in [7, 11) is 0. The predicted octanol–water partition coefficient (Wildman–Crippen LogP) is 1.56. The van der Waals surface area contributed by atoms with E-state index in [1.807, 2.05) is 0 Å². The molecule has 2 aromatic rings. The topological polar surface area (TPSA) is 111 Å². The number of esters is 1. The number of benzene rings is 1. The summed E-state index contributed by atoms with van der Waals surface area (Å²) in [6.45, 7) is 1.84.